The van der Waals surface area contributed by atoms with Gasteiger partial charge in [-0.25, -0.2) is 0 Å². The first-order valence-electron chi connectivity index (χ1n) is 11.3. The molecule has 1 saturated heterocycles. The Bertz CT molecular complexity index is 982. The molecule has 3 aromatic rings. The lowest BCUT2D eigenvalue weighted by Crippen LogP contribution is -2.43. The van der Waals surface area contributed by atoms with Crippen LogP contribution in [0.15, 0.2) is 52.2 Å². The summed E-state index contributed by atoms with van der Waals surface area (Å²) < 4.78 is 5.36. The van der Waals surface area contributed by atoms with E-state index in [1.807, 2.05) is 36.0 Å². The number of aliphatic hydroxyl groups excluding tert-OH is 2. The van der Waals surface area contributed by atoms with Gasteiger partial charge in [0.2, 0.25) is 0 Å². The maximum Gasteiger partial charge on any atom is 0.119 e. The quantitative estimate of drug-likeness (QED) is 0.412. The normalized spacial score (nSPS) is 20.5. The maximum absolute atomic E-state index is 11.0. The van der Waals surface area contributed by atoms with Crippen molar-refractivity contribution in [3.8, 4) is 5.75 Å². The van der Waals surface area contributed by atoms with E-state index >= 15 is 0 Å². The average Bonchev–Trinajstić information content (AvgIpc) is 3.35. The summed E-state index contributed by atoms with van der Waals surface area (Å²) in [5.74, 6) is 2.56. The number of hydrogen-bond acceptors (Lipinski definition) is 7. The van der Waals surface area contributed by atoms with Crippen LogP contribution in [0.5, 0.6) is 5.75 Å². The van der Waals surface area contributed by atoms with Crippen LogP contribution in [0.4, 0.5) is 0 Å². The highest BCUT2D eigenvalue weighted by molar-refractivity contribution is 7.99. The molecule has 172 valence electrons. The Kier molecular flexibility index (Phi) is 8.43. The van der Waals surface area contributed by atoms with E-state index in [9.17, 15) is 10.2 Å². The smallest absolute Gasteiger partial charge is 0.119 e. The van der Waals surface area contributed by atoms with Crippen LogP contribution in [0.1, 0.15) is 30.9 Å². The molecule has 0 radical (unpaired) electrons. The van der Waals surface area contributed by atoms with Gasteiger partial charge in [-0.15, -0.1) is 11.8 Å². The van der Waals surface area contributed by atoms with Crippen molar-refractivity contribution in [2.24, 2.45) is 11.8 Å². The van der Waals surface area contributed by atoms with Crippen molar-refractivity contribution in [2.75, 3.05) is 39.1 Å². The molecule has 0 saturated carbocycles. The van der Waals surface area contributed by atoms with Crippen molar-refractivity contribution < 1.29 is 14.9 Å². The molecule has 3 heterocycles. The number of nitrogens with zero attached hydrogens (tertiary/aromatic N) is 2. The number of pyridine rings is 1. The summed E-state index contributed by atoms with van der Waals surface area (Å²) in [6.45, 7) is 3.27. The predicted octanol–water partition coefficient (Wildman–Crippen LogP) is 4.84. The molecule has 0 bridgehead atoms. The molecule has 1 fully saturated rings. The number of aromatic nitrogens is 1. The second-order valence-corrected chi connectivity index (χ2v) is 10.4. The number of fused-ring (bicyclic) bond motifs is 1. The van der Waals surface area contributed by atoms with Gasteiger partial charge in [-0.1, -0.05) is 0 Å². The van der Waals surface area contributed by atoms with E-state index in [4.69, 9.17) is 4.74 Å². The van der Waals surface area contributed by atoms with E-state index in [2.05, 4.69) is 26.7 Å². The minimum absolute atomic E-state index is 0.213. The van der Waals surface area contributed by atoms with E-state index in [1.54, 1.807) is 24.6 Å². The number of ether oxygens (including phenoxy) is 1. The van der Waals surface area contributed by atoms with E-state index in [0.29, 0.717) is 12.3 Å². The Morgan fingerprint density at radius 1 is 1.28 bits per heavy atom. The first-order chi connectivity index (χ1) is 15.7. The highest BCUT2D eigenvalue weighted by atomic mass is 32.2. The van der Waals surface area contributed by atoms with Gasteiger partial charge < -0.3 is 19.8 Å². The van der Waals surface area contributed by atoms with Gasteiger partial charge in [0.1, 0.15) is 5.75 Å². The summed E-state index contributed by atoms with van der Waals surface area (Å²) in [7, 11) is 1.65. The van der Waals surface area contributed by atoms with Crippen molar-refractivity contribution in [3.05, 3.63) is 52.9 Å². The standard InChI is InChI=1S/C25H32N2O3S2/c1-30-20-3-4-24-23(14-20)22(6-9-26-24)25(29)5-2-18-7-10-27(15-19(18)16-28)11-13-32-21-8-12-31-17-21/h3-4,6,8-9,12,14,17-19,25,28-29H,2,5,7,10-11,13,15-16H2,1H3/t18-,19-,25-/m1/s1. The van der Waals surface area contributed by atoms with Crippen molar-refractivity contribution in [1.29, 1.82) is 0 Å². The monoisotopic (exact) mass is 472 g/mol. The first-order valence-corrected chi connectivity index (χ1v) is 13.2. The minimum Gasteiger partial charge on any atom is -0.497 e. The van der Waals surface area contributed by atoms with Gasteiger partial charge in [-0.2, -0.15) is 11.3 Å². The Hall–Kier alpha value is -1.64. The van der Waals surface area contributed by atoms with Crippen LogP contribution >= 0.6 is 23.1 Å². The fourth-order valence-corrected chi connectivity index (χ4v) is 6.46. The zero-order chi connectivity index (χ0) is 22.3. The number of hydrogen-bond donors (Lipinski definition) is 2. The van der Waals surface area contributed by atoms with E-state index < -0.39 is 6.10 Å². The van der Waals surface area contributed by atoms with Crippen LogP contribution < -0.4 is 4.74 Å². The van der Waals surface area contributed by atoms with Crippen molar-refractivity contribution in [2.45, 2.75) is 30.3 Å². The summed E-state index contributed by atoms with van der Waals surface area (Å²) >= 11 is 3.65. The molecule has 32 heavy (non-hydrogen) atoms. The third-order valence-corrected chi connectivity index (χ3v) is 8.34. The Morgan fingerprint density at radius 2 is 2.19 bits per heavy atom. The number of benzene rings is 1. The number of thioether (sulfide) groups is 1. The molecule has 2 N–H and O–H groups in total. The Morgan fingerprint density at radius 3 is 2.97 bits per heavy atom. The lowest BCUT2D eigenvalue weighted by molar-refractivity contribution is 0.0608. The summed E-state index contributed by atoms with van der Waals surface area (Å²) in [6, 6.07) is 9.85. The SMILES string of the molecule is COc1ccc2nccc([C@H](O)CC[C@@H]3CCN(CCSc4ccsc4)C[C@@H]3CO)c2c1. The number of piperidine rings is 1. The lowest BCUT2D eigenvalue weighted by Gasteiger charge is -2.38. The van der Waals surface area contributed by atoms with E-state index in [1.165, 1.54) is 4.90 Å². The summed E-state index contributed by atoms with van der Waals surface area (Å²) in [4.78, 5) is 8.25. The molecule has 3 atom stereocenters. The van der Waals surface area contributed by atoms with Gasteiger partial charge >= 0.3 is 0 Å². The van der Waals surface area contributed by atoms with Gasteiger partial charge in [0.15, 0.2) is 0 Å². The largest absolute Gasteiger partial charge is 0.497 e. The predicted molar refractivity (Wildman–Crippen MR) is 133 cm³/mol. The molecule has 1 aliphatic heterocycles. The summed E-state index contributed by atoms with van der Waals surface area (Å²) in [5, 5.41) is 26.3. The molecule has 5 nitrogen and oxygen atoms in total. The third kappa shape index (κ3) is 5.83. The number of thiophene rings is 1. The van der Waals surface area contributed by atoms with Crippen LogP contribution in [0.25, 0.3) is 10.9 Å². The Labute approximate surface area is 198 Å². The molecule has 7 heteroatoms. The van der Waals surface area contributed by atoms with Crippen LogP contribution in [0.3, 0.4) is 0 Å². The molecule has 0 aliphatic carbocycles. The van der Waals surface area contributed by atoms with Gasteiger partial charge in [-0.3, -0.25) is 4.98 Å². The molecule has 1 aromatic carbocycles. The van der Waals surface area contributed by atoms with Gasteiger partial charge in [0, 0.05) is 47.3 Å². The van der Waals surface area contributed by atoms with Crippen LogP contribution in [-0.4, -0.2) is 59.2 Å². The molecule has 0 spiro atoms. The average molecular weight is 473 g/mol. The maximum atomic E-state index is 11.0. The van der Waals surface area contributed by atoms with Crippen LogP contribution in [0, 0.1) is 11.8 Å². The van der Waals surface area contributed by atoms with Crippen molar-refractivity contribution >= 4 is 34.0 Å². The topological polar surface area (TPSA) is 65.8 Å². The number of likely N-dealkylation sites (tertiary alicyclic amines) is 1. The molecule has 0 amide bonds. The minimum atomic E-state index is -0.549. The fraction of sp³-hybridized carbons (Fsp3) is 0.480. The second kappa shape index (κ2) is 11.5. The summed E-state index contributed by atoms with van der Waals surface area (Å²) in [5.41, 5.74) is 1.77. The highest BCUT2D eigenvalue weighted by Gasteiger charge is 2.29. The third-order valence-electron chi connectivity index (χ3n) is 6.53. The fourth-order valence-electron chi connectivity index (χ4n) is 4.66. The Balaban J connectivity index is 1.31. The van der Waals surface area contributed by atoms with E-state index in [0.717, 1.165) is 60.4 Å². The van der Waals surface area contributed by atoms with Gasteiger partial charge in [0.25, 0.3) is 0 Å². The van der Waals surface area contributed by atoms with E-state index in [-0.39, 0.29) is 12.5 Å². The number of aliphatic hydroxyl groups is 2. The highest BCUT2D eigenvalue weighted by Crippen LogP contribution is 2.33. The number of methoxy groups -OCH3 is 1. The molecule has 1 aliphatic rings. The number of rotatable bonds is 10. The molecular formula is C25H32N2O3S2. The van der Waals surface area contributed by atoms with Crippen molar-refractivity contribution in [3.63, 3.8) is 0 Å². The second-order valence-electron chi connectivity index (χ2n) is 8.48. The lowest BCUT2D eigenvalue weighted by atomic mass is 9.81. The van der Waals surface area contributed by atoms with Crippen molar-refractivity contribution in [1.82, 2.24) is 9.88 Å². The summed E-state index contributed by atoms with van der Waals surface area (Å²) in [6.07, 6.45) is 3.89. The zero-order valence-electron chi connectivity index (χ0n) is 18.5. The van der Waals surface area contributed by atoms with Gasteiger partial charge in [0.05, 0.1) is 18.7 Å². The zero-order valence-corrected chi connectivity index (χ0v) is 20.2. The first kappa shape index (κ1) is 23.5. The molecular weight excluding hydrogens is 440 g/mol. The molecule has 0 unspecified atom stereocenters. The molecule has 4 rings (SSSR count). The van der Waals surface area contributed by atoms with Gasteiger partial charge in [-0.05, 0) is 78.9 Å². The van der Waals surface area contributed by atoms with Crippen LogP contribution in [-0.2, 0) is 0 Å². The van der Waals surface area contributed by atoms with Crippen LogP contribution in [0.2, 0.25) is 0 Å². The molecule has 2 aromatic heterocycles.